The number of methoxy groups -OCH3 is 1. The molecule has 1 saturated heterocycles. The van der Waals surface area contributed by atoms with Gasteiger partial charge in [0.1, 0.15) is 5.82 Å². The molecule has 9 heteroatoms. The average molecular weight is 459 g/mol. The molecule has 1 N–H and O–H groups in total. The quantitative estimate of drug-likeness (QED) is 0.603. The number of esters is 1. The van der Waals surface area contributed by atoms with Crippen LogP contribution in [0.15, 0.2) is 47.4 Å². The molecule has 0 radical (unpaired) electrons. The van der Waals surface area contributed by atoms with Gasteiger partial charge in [-0.15, -0.1) is 0 Å². The van der Waals surface area contributed by atoms with Crippen molar-refractivity contribution in [2.24, 2.45) is 0 Å². The molecule has 1 atom stereocenters. The number of pyridine rings is 1. The number of rotatable bonds is 4. The van der Waals surface area contributed by atoms with Crippen LogP contribution in [0.2, 0.25) is 0 Å². The lowest BCUT2D eigenvalue weighted by Crippen LogP contribution is -2.42. The molecule has 1 aliphatic rings. The monoisotopic (exact) mass is 458 g/mol. The van der Waals surface area contributed by atoms with Crippen LogP contribution in [-0.4, -0.2) is 55.1 Å². The van der Waals surface area contributed by atoms with E-state index in [0.717, 1.165) is 17.0 Å². The Balaban J connectivity index is 1.73. The summed E-state index contributed by atoms with van der Waals surface area (Å²) in [7, 11) is -2.63. The number of nitrogens with zero attached hydrogens (tertiary/aromatic N) is 2. The second kappa shape index (κ2) is 8.57. The van der Waals surface area contributed by atoms with E-state index in [1.807, 2.05) is 6.92 Å². The summed E-state index contributed by atoms with van der Waals surface area (Å²) in [5, 5.41) is 10.6. The van der Waals surface area contributed by atoms with Gasteiger partial charge in [-0.1, -0.05) is 6.07 Å². The Kier molecular flexibility index (Phi) is 5.98. The smallest absolute Gasteiger partial charge is 0.337 e. The maximum absolute atomic E-state index is 15.1. The van der Waals surface area contributed by atoms with E-state index in [4.69, 9.17) is 4.74 Å². The second-order valence-electron chi connectivity index (χ2n) is 7.85. The minimum Gasteiger partial charge on any atom is -0.465 e. The lowest BCUT2D eigenvalue weighted by Gasteiger charge is -2.29. The van der Waals surface area contributed by atoms with Crippen molar-refractivity contribution in [2.75, 3.05) is 20.2 Å². The molecule has 0 saturated carbocycles. The number of aliphatic hydroxyl groups excluding tert-OH is 1. The predicted molar refractivity (Wildman–Crippen MR) is 117 cm³/mol. The van der Waals surface area contributed by atoms with E-state index >= 15 is 4.39 Å². The third-order valence-electron chi connectivity index (χ3n) is 5.65. The highest BCUT2D eigenvalue weighted by Gasteiger charge is 2.30. The van der Waals surface area contributed by atoms with E-state index < -0.39 is 27.9 Å². The third kappa shape index (κ3) is 4.11. The Bertz CT molecular complexity index is 1310. The normalized spacial score (nSPS) is 17.4. The van der Waals surface area contributed by atoms with Gasteiger partial charge in [-0.05, 0) is 61.7 Å². The van der Waals surface area contributed by atoms with E-state index in [0.29, 0.717) is 29.6 Å². The molecule has 2 aromatic carbocycles. The van der Waals surface area contributed by atoms with Gasteiger partial charge >= 0.3 is 5.97 Å². The topological polar surface area (TPSA) is 96.8 Å². The summed E-state index contributed by atoms with van der Waals surface area (Å²) in [6, 6.07) is 10.4. The van der Waals surface area contributed by atoms with Gasteiger partial charge in [0, 0.05) is 24.0 Å². The first-order chi connectivity index (χ1) is 15.2. The van der Waals surface area contributed by atoms with Crippen molar-refractivity contribution < 1.29 is 27.4 Å². The van der Waals surface area contributed by atoms with Gasteiger partial charge in [-0.3, -0.25) is 0 Å². The van der Waals surface area contributed by atoms with Gasteiger partial charge in [-0.25, -0.2) is 22.6 Å². The van der Waals surface area contributed by atoms with Crippen LogP contribution in [0.5, 0.6) is 0 Å². The summed E-state index contributed by atoms with van der Waals surface area (Å²) in [4.78, 5) is 16.2. The van der Waals surface area contributed by atoms with Gasteiger partial charge in [0.05, 0.1) is 34.9 Å². The molecular weight excluding hydrogens is 435 g/mol. The number of hydrogen-bond acceptors (Lipinski definition) is 6. The lowest BCUT2D eigenvalue weighted by molar-refractivity contribution is 0.0601. The molecule has 168 valence electrons. The average Bonchev–Trinajstić information content (AvgIpc) is 2.78. The Hall–Kier alpha value is -2.88. The van der Waals surface area contributed by atoms with Crippen LogP contribution >= 0.6 is 0 Å². The van der Waals surface area contributed by atoms with Crippen LogP contribution in [0.25, 0.3) is 22.2 Å². The zero-order chi connectivity index (χ0) is 23.0. The summed E-state index contributed by atoms with van der Waals surface area (Å²) < 4.78 is 46.7. The summed E-state index contributed by atoms with van der Waals surface area (Å²) in [5.74, 6) is -1.22. The molecule has 7 nitrogen and oxygen atoms in total. The number of β-amino-alcohol motifs (C(OH)–C–C–N with tert-alkyl or cyclic N) is 1. The Morgan fingerprint density at radius 2 is 2.00 bits per heavy atom. The number of aliphatic hydroxyl groups is 1. The number of ether oxygens (including phenoxy) is 1. The highest BCUT2D eigenvalue weighted by molar-refractivity contribution is 7.89. The fraction of sp³-hybridized carbons (Fsp3) is 0.304. The molecule has 4 rings (SSSR count). The summed E-state index contributed by atoms with van der Waals surface area (Å²) in [6.07, 6.45) is 0.376. The number of aromatic nitrogens is 1. The minimum absolute atomic E-state index is 0.000341. The van der Waals surface area contributed by atoms with E-state index in [1.165, 1.54) is 23.5 Å². The largest absolute Gasteiger partial charge is 0.465 e. The van der Waals surface area contributed by atoms with Crippen molar-refractivity contribution in [1.82, 2.24) is 9.29 Å². The highest BCUT2D eigenvalue weighted by Crippen LogP contribution is 2.30. The number of carbonyl (C=O) groups is 1. The maximum atomic E-state index is 15.1. The summed E-state index contributed by atoms with van der Waals surface area (Å²) >= 11 is 0. The summed E-state index contributed by atoms with van der Waals surface area (Å²) in [5.41, 5.74) is 2.14. The van der Waals surface area contributed by atoms with Crippen molar-refractivity contribution in [1.29, 1.82) is 0 Å². The summed E-state index contributed by atoms with van der Waals surface area (Å²) in [6.45, 7) is 2.14. The van der Waals surface area contributed by atoms with E-state index in [-0.39, 0.29) is 23.5 Å². The molecule has 0 aliphatic carbocycles. The number of benzene rings is 2. The number of piperidine rings is 1. The number of fused-ring (bicyclic) bond motifs is 1. The minimum atomic E-state index is -3.92. The van der Waals surface area contributed by atoms with Crippen LogP contribution in [0.4, 0.5) is 4.39 Å². The Morgan fingerprint density at radius 3 is 2.69 bits per heavy atom. The Labute approximate surface area is 185 Å². The number of halogens is 1. The first-order valence-electron chi connectivity index (χ1n) is 10.2. The molecule has 32 heavy (non-hydrogen) atoms. The van der Waals surface area contributed by atoms with Crippen molar-refractivity contribution in [3.05, 3.63) is 59.4 Å². The van der Waals surface area contributed by atoms with Gasteiger partial charge in [0.25, 0.3) is 0 Å². The number of carbonyl (C=O) groups excluding carboxylic acids is 1. The predicted octanol–water partition coefficient (Wildman–Crippen LogP) is 3.28. The number of aryl methyl sites for hydroxylation is 1. The standard InChI is InChI=1S/C23H23FN2O5S/c1-14-10-21(25-22-11-15(23(28)31-2)5-7-18(14)22)19-8-6-17(12-20(19)24)32(29,30)26-9-3-4-16(27)13-26/h5-8,10-12,16,27H,3-4,9,13H2,1-2H3/t16-/m0/s1. The van der Waals surface area contributed by atoms with Crippen LogP contribution in [-0.2, 0) is 14.8 Å². The molecule has 1 aliphatic heterocycles. The van der Waals surface area contributed by atoms with Crippen molar-refractivity contribution >= 4 is 26.9 Å². The third-order valence-corrected chi connectivity index (χ3v) is 7.51. The van der Waals surface area contributed by atoms with E-state index in [2.05, 4.69) is 4.98 Å². The molecule has 0 amide bonds. The highest BCUT2D eigenvalue weighted by atomic mass is 32.2. The van der Waals surface area contributed by atoms with Gasteiger partial charge in [0.2, 0.25) is 10.0 Å². The fourth-order valence-electron chi connectivity index (χ4n) is 3.94. The molecule has 0 unspecified atom stereocenters. The number of sulfonamides is 1. The zero-order valence-electron chi connectivity index (χ0n) is 17.7. The van der Waals surface area contributed by atoms with Gasteiger partial charge in [-0.2, -0.15) is 4.31 Å². The fourth-order valence-corrected chi connectivity index (χ4v) is 5.47. The Morgan fingerprint density at radius 1 is 1.22 bits per heavy atom. The second-order valence-corrected chi connectivity index (χ2v) is 9.79. The van der Waals surface area contributed by atoms with Gasteiger partial charge < -0.3 is 9.84 Å². The van der Waals surface area contributed by atoms with Crippen LogP contribution in [0.1, 0.15) is 28.8 Å². The number of hydrogen-bond donors (Lipinski definition) is 1. The molecule has 1 fully saturated rings. The molecule has 2 heterocycles. The lowest BCUT2D eigenvalue weighted by atomic mass is 10.0. The van der Waals surface area contributed by atoms with Gasteiger partial charge in [0.15, 0.2) is 0 Å². The van der Waals surface area contributed by atoms with E-state index in [1.54, 1.807) is 24.3 Å². The van der Waals surface area contributed by atoms with Crippen molar-refractivity contribution in [2.45, 2.75) is 30.8 Å². The van der Waals surface area contributed by atoms with E-state index in [9.17, 15) is 18.3 Å². The molecule has 3 aromatic rings. The maximum Gasteiger partial charge on any atom is 0.337 e. The van der Waals surface area contributed by atoms with Crippen LogP contribution in [0, 0.1) is 12.7 Å². The van der Waals surface area contributed by atoms with Crippen LogP contribution < -0.4 is 0 Å². The molecule has 0 spiro atoms. The van der Waals surface area contributed by atoms with Crippen molar-refractivity contribution in [3.63, 3.8) is 0 Å². The molecular formula is C23H23FN2O5S. The first kappa shape index (κ1) is 22.3. The molecule has 1 aromatic heterocycles. The SMILES string of the molecule is COC(=O)c1ccc2c(C)cc(-c3ccc(S(=O)(=O)N4CCC[C@H](O)C4)cc3F)nc2c1. The molecule has 0 bridgehead atoms. The zero-order valence-corrected chi connectivity index (χ0v) is 18.5. The first-order valence-corrected chi connectivity index (χ1v) is 11.6. The van der Waals surface area contributed by atoms with Crippen molar-refractivity contribution in [3.8, 4) is 11.3 Å². The van der Waals surface area contributed by atoms with Crippen LogP contribution in [0.3, 0.4) is 0 Å².